The summed E-state index contributed by atoms with van der Waals surface area (Å²) in [6, 6.07) is 9.80. The summed E-state index contributed by atoms with van der Waals surface area (Å²) in [5.74, 6) is -0.310. The molecule has 1 fully saturated rings. The monoisotopic (exact) mass is 391 g/mol. The van der Waals surface area contributed by atoms with Crippen molar-refractivity contribution in [3.8, 4) is 0 Å². The van der Waals surface area contributed by atoms with Gasteiger partial charge in [0.15, 0.2) is 0 Å². The first-order chi connectivity index (χ1) is 12.5. The van der Waals surface area contributed by atoms with Gasteiger partial charge in [-0.2, -0.15) is 4.31 Å². The van der Waals surface area contributed by atoms with Gasteiger partial charge in [0.1, 0.15) is 5.03 Å². The van der Waals surface area contributed by atoms with Gasteiger partial charge in [-0.25, -0.2) is 13.4 Å². The minimum atomic E-state index is -3.53. The molecule has 0 spiro atoms. The molecule has 3 rings (SSSR count). The first-order valence-electron chi connectivity index (χ1n) is 8.43. The SMILES string of the molecule is CSc1ncccc1C(=O)Nc1cccc(S(=O)(=O)N2CCCCC2)c1. The summed E-state index contributed by atoms with van der Waals surface area (Å²) >= 11 is 1.39. The van der Waals surface area contributed by atoms with E-state index in [2.05, 4.69) is 10.3 Å². The fraction of sp³-hybridized carbons (Fsp3) is 0.333. The highest BCUT2D eigenvalue weighted by Gasteiger charge is 2.26. The topological polar surface area (TPSA) is 79.4 Å². The van der Waals surface area contributed by atoms with Crippen LogP contribution in [0.15, 0.2) is 52.5 Å². The second-order valence-corrected chi connectivity index (χ2v) is 8.74. The third kappa shape index (κ3) is 4.08. The van der Waals surface area contributed by atoms with E-state index < -0.39 is 10.0 Å². The fourth-order valence-corrected chi connectivity index (χ4v) is 5.02. The molecule has 8 heteroatoms. The Balaban J connectivity index is 1.82. The number of benzene rings is 1. The van der Waals surface area contributed by atoms with Crippen LogP contribution in [0.2, 0.25) is 0 Å². The summed E-state index contributed by atoms with van der Waals surface area (Å²) in [6.45, 7) is 1.09. The van der Waals surface area contributed by atoms with Gasteiger partial charge in [-0.3, -0.25) is 4.79 Å². The lowest BCUT2D eigenvalue weighted by atomic mass is 10.2. The molecule has 1 aliphatic rings. The van der Waals surface area contributed by atoms with Crippen LogP contribution in [0.1, 0.15) is 29.6 Å². The third-order valence-electron chi connectivity index (χ3n) is 4.25. The van der Waals surface area contributed by atoms with E-state index in [0.717, 1.165) is 19.3 Å². The number of sulfonamides is 1. The first-order valence-corrected chi connectivity index (χ1v) is 11.1. The highest BCUT2D eigenvalue weighted by atomic mass is 32.2. The summed E-state index contributed by atoms with van der Waals surface area (Å²) in [7, 11) is -3.53. The van der Waals surface area contributed by atoms with Gasteiger partial charge in [0.25, 0.3) is 5.91 Å². The van der Waals surface area contributed by atoms with E-state index in [-0.39, 0.29) is 10.8 Å². The molecular formula is C18H21N3O3S2. The van der Waals surface area contributed by atoms with Gasteiger partial charge in [-0.15, -0.1) is 11.8 Å². The molecule has 6 nitrogen and oxygen atoms in total. The lowest BCUT2D eigenvalue weighted by Gasteiger charge is -2.26. The molecule has 0 aliphatic carbocycles. The van der Waals surface area contributed by atoms with Crippen molar-refractivity contribution in [3.63, 3.8) is 0 Å². The maximum Gasteiger partial charge on any atom is 0.258 e. The summed E-state index contributed by atoms with van der Waals surface area (Å²) in [5.41, 5.74) is 0.910. The fourth-order valence-electron chi connectivity index (χ4n) is 2.91. The number of hydrogen-bond acceptors (Lipinski definition) is 5. The van der Waals surface area contributed by atoms with Crippen molar-refractivity contribution in [2.75, 3.05) is 24.7 Å². The normalized spacial score (nSPS) is 15.6. The molecule has 1 saturated heterocycles. The number of rotatable bonds is 5. The van der Waals surface area contributed by atoms with Crippen LogP contribution < -0.4 is 5.32 Å². The number of thioether (sulfide) groups is 1. The third-order valence-corrected chi connectivity index (χ3v) is 6.86. The quantitative estimate of drug-likeness (QED) is 0.792. The minimum absolute atomic E-state index is 0.202. The van der Waals surface area contributed by atoms with Crippen molar-refractivity contribution in [1.29, 1.82) is 0 Å². The van der Waals surface area contributed by atoms with Crippen molar-refractivity contribution >= 4 is 33.4 Å². The van der Waals surface area contributed by atoms with Crippen LogP contribution in [0, 0.1) is 0 Å². The summed E-state index contributed by atoms with van der Waals surface area (Å²) in [4.78, 5) is 16.9. The molecule has 1 aliphatic heterocycles. The van der Waals surface area contributed by atoms with Crippen molar-refractivity contribution in [3.05, 3.63) is 48.2 Å². The van der Waals surface area contributed by atoms with Gasteiger partial charge in [-0.05, 0) is 49.4 Å². The average molecular weight is 392 g/mol. The second kappa shape index (κ2) is 8.20. The van der Waals surface area contributed by atoms with Gasteiger partial charge < -0.3 is 5.32 Å². The van der Waals surface area contributed by atoms with Crippen LogP contribution in [0.3, 0.4) is 0 Å². The molecule has 1 N–H and O–H groups in total. The van der Waals surface area contributed by atoms with Crippen LogP contribution in [0.4, 0.5) is 5.69 Å². The highest BCUT2D eigenvalue weighted by molar-refractivity contribution is 7.98. The van der Waals surface area contributed by atoms with Crippen LogP contribution in [-0.2, 0) is 10.0 Å². The van der Waals surface area contributed by atoms with Crippen molar-refractivity contribution in [1.82, 2.24) is 9.29 Å². The first kappa shape index (κ1) is 18.9. The Morgan fingerprint density at radius 2 is 1.92 bits per heavy atom. The molecular weight excluding hydrogens is 370 g/mol. The van der Waals surface area contributed by atoms with E-state index in [1.807, 2.05) is 6.26 Å². The highest BCUT2D eigenvalue weighted by Crippen LogP contribution is 2.24. The largest absolute Gasteiger partial charge is 0.322 e. The zero-order valence-corrected chi connectivity index (χ0v) is 16.1. The van der Waals surface area contributed by atoms with Crippen molar-refractivity contribution in [2.45, 2.75) is 29.2 Å². The Morgan fingerprint density at radius 3 is 2.65 bits per heavy atom. The molecule has 26 heavy (non-hydrogen) atoms. The Morgan fingerprint density at radius 1 is 1.15 bits per heavy atom. The summed E-state index contributed by atoms with van der Waals surface area (Å²) < 4.78 is 27.1. The van der Waals surface area contributed by atoms with Gasteiger partial charge in [0.2, 0.25) is 10.0 Å². The number of aromatic nitrogens is 1. The smallest absolute Gasteiger partial charge is 0.258 e. The van der Waals surface area contributed by atoms with E-state index in [1.165, 1.54) is 22.1 Å². The standard InChI is InChI=1S/C18H21N3O3S2/c1-25-18-16(9-6-10-19-18)17(22)20-14-7-5-8-15(13-14)26(23,24)21-11-3-2-4-12-21/h5-10,13H,2-4,11-12H2,1H3,(H,20,22). The van der Waals surface area contributed by atoms with E-state index >= 15 is 0 Å². The molecule has 2 aromatic rings. The lowest BCUT2D eigenvalue weighted by molar-refractivity contribution is 0.102. The number of nitrogens with one attached hydrogen (secondary N) is 1. The number of anilines is 1. The molecule has 0 bridgehead atoms. The zero-order valence-electron chi connectivity index (χ0n) is 14.5. The second-order valence-electron chi connectivity index (χ2n) is 6.01. The number of pyridine rings is 1. The molecule has 0 saturated carbocycles. The van der Waals surface area contributed by atoms with E-state index in [9.17, 15) is 13.2 Å². The van der Waals surface area contributed by atoms with Gasteiger partial charge >= 0.3 is 0 Å². The number of nitrogens with zero attached hydrogens (tertiary/aromatic N) is 2. The van der Waals surface area contributed by atoms with Gasteiger partial charge in [-0.1, -0.05) is 12.5 Å². The number of carbonyl (C=O) groups excluding carboxylic acids is 1. The van der Waals surface area contributed by atoms with Crippen molar-refractivity contribution < 1.29 is 13.2 Å². The predicted molar refractivity (Wildman–Crippen MR) is 103 cm³/mol. The number of piperidine rings is 1. The lowest BCUT2D eigenvalue weighted by Crippen LogP contribution is -2.35. The molecule has 2 heterocycles. The van der Waals surface area contributed by atoms with E-state index in [1.54, 1.807) is 36.5 Å². The van der Waals surface area contributed by atoms with Crippen LogP contribution in [0.25, 0.3) is 0 Å². The molecule has 0 unspecified atom stereocenters. The number of carbonyl (C=O) groups is 1. The molecule has 0 atom stereocenters. The average Bonchev–Trinajstić information content (AvgIpc) is 2.68. The molecule has 1 aromatic heterocycles. The Labute approximate surface area is 158 Å². The molecule has 1 amide bonds. The minimum Gasteiger partial charge on any atom is -0.322 e. The maximum absolute atomic E-state index is 12.8. The Kier molecular flexibility index (Phi) is 5.95. The Hall–Kier alpha value is -1.90. The molecule has 0 radical (unpaired) electrons. The van der Waals surface area contributed by atoms with Crippen LogP contribution in [0.5, 0.6) is 0 Å². The zero-order chi connectivity index (χ0) is 18.6. The molecule has 138 valence electrons. The van der Waals surface area contributed by atoms with Crippen LogP contribution in [-0.4, -0.2) is 43.0 Å². The van der Waals surface area contributed by atoms with Gasteiger partial charge in [0.05, 0.1) is 10.5 Å². The number of amides is 1. The Bertz CT molecular complexity index is 894. The van der Waals surface area contributed by atoms with Gasteiger partial charge in [0, 0.05) is 25.0 Å². The van der Waals surface area contributed by atoms with Crippen LogP contribution >= 0.6 is 11.8 Å². The van der Waals surface area contributed by atoms with E-state index in [4.69, 9.17) is 0 Å². The van der Waals surface area contributed by atoms with Crippen molar-refractivity contribution in [2.24, 2.45) is 0 Å². The molecule has 1 aromatic carbocycles. The summed E-state index contributed by atoms with van der Waals surface area (Å²) in [5, 5.41) is 3.40. The number of hydrogen-bond donors (Lipinski definition) is 1. The predicted octanol–water partition coefficient (Wildman–Crippen LogP) is 3.23. The summed E-state index contributed by atoms with van der Waals surface area (Å²) in [6.07, 6.45) is 6.31. The maximum atomic E-state index is 12.8. The van der Waals surface area contributed by atoms with E-state index in [0.29, 0.717) is 29.4 Å².